The highest BCUT2D eigenvalue weighted by Crippen LogP contribution is 2.36. The summed E-state index contributed by atoms with van der Waals surface area (Å²) in [7, 11) is -0.230. The van der Waals surface area contributed by atoms with Crippen molar-refractivity contribution in [1.82, 2.24) is 0 Å². The molecule has 1 atom stereocenters. The second kappa shape index (κ2) is 4.10. The molecule has 1 fully saturated rings. The maximum Gasteiger partial charge on any atom is 0.494 e. The van der Waals surface area contributed by atoms with Gasteiger partial charge >= 0.3 is 7.12 Å². The molecule has 0 saturated carbocycles. The highest BCUT2D eigenvalue weighted by Gasteiger charge is 2.51. The van der Waals surface area contributed by atoms with E-state index in [-0.39, 0.29) is 18.3 Å². The van der Waals surface area contributed by atoms with Crippen LogP contribution in [0, 0.1) is 5.92 Å². The third-order valence-electron chi connectivity index (χ3n) is 4.89. The quantitative estimate of drug-likeness (QED) is 0.721. The first-order chi connectivity index (χ1) is 8.78. The van der Waals surface area contributed by atoms with Gasteiger partial charge in [-0.15, -0.1) is 0 Å². The highest BCUT2D eigenvalue weighted by molar-refractivity contribution is 6.62. The van der Waals surface area contributed by atoms with Gasteiger partial charge in [0.2, 0.25) is 0 Å². The third kappa shape index (κ3) is 2.13. The van der Waals surface area contributed by atoms with E-state index < -0.39 is 0 Å². The Labute approximate surface area is 116 Å². The Morgan fingerprint density at radius 2 is 1.58 bits per heavy atom. The number of rotatable bonds is 1. The fraction of sp³-hybridized carbons (Fsp3) is 0.625. The van der Waals surface area contributed by atoms with E-state index in [4.69, 9.17) is 9.31 Å². The van der Waals surface area contributed by atoms with Gasteiger partial charge in [0, 0.05) is 0 Å². The summed E-state index contributed by atoms with van der Waals surface area (Å²) in [6.45, 7) is 10.7. The Bertz CT molecular complexity index is 491. The van der Waals surface area contributed by atoms with Crippen molar-refractivity contribution in [2.24, 2.45) is 5.92 Å². The van der Waals surface area contributed by atoms with Gasteiger partial charge in [0.05, 0.1) is 11.2 Å². The lowest BCUT2D eigenvalue weighted by atomic mass is 9.78. The number of fused-ring (bicyclic) bond motifs is 1. The Morgan fingerprint density at radius 3 is 2.21 bits per heavy atom. The molecule has 3 rings (SSSR count). The van der Waals surface area contributed by atoms with Crippen molar-refractivity contribution in [3.63, 3.8) is 0 Å². The van der Waals surface area contributed by atoms with Crippen molar-refractivity contribution in [3.8, 4) is 0 Å². The molecule has 2 aliphatic rings. The molecule has 0 aromatic heterocycles. The van der Waals surface area contributed by atoms with Crippen LogP contribution in [0.15, 0.2) is 18.2 Å². The molecule has 102 valence electrons. The van der Waals surface area contributed by atoms with E-state index in [1.807, 2.05) is 0 Å². The number of hydrogen-bond acceptors (Lipinski definition) is 2. The van der Waals surface area contributed by atoms with Crippen LogP contribution in [0.3, 0.4) is 0 Å². The van der Waals surface area contributed by atoms with Crippen LogP contribution in [0.5, 0.6) is 0 Å². The largest absolute Gasteiger partial charge is 0.494 e. The molecule has 19 heavy (non-hydrogen) atoms. The molecule has 0 radical (unpaired) electrons. The summed E-state index contributed by atoms with van der Waals surface area (Å²) in [5, 5.41) is 0. The van der Waals surface area contributed by atoms with Crippen LogP contribution in [0.2, 0.25) is 0 Å². The van der Waals surface area contributed by atoms with Gasteiger partial charge in [0.15, 0.2) is 0 Å². The van der Waals surface area contributed by atoms with Gasteiger partial charge in [-0.05, 0) is 63.0 Å². The lowest BCUT2D eigenvalue weighted by molar-refractivity contribution is 0.00578. The molecule has 1 aliphatic carbocycles. The van der Waals surface area contributed by atoms with Crippen LogP contribution in [-0.4, -0.2) is 18.3 Å². The SMILES string of the molecule is CC1Cc2ccc(B3OC(C)(C)C(C)(C)O3)cc2C1. The molecular formula is C16H23BO2. The van der Waals surface area contributed by atoms with Gasteiger partial charge in [-0.3, -0.25) is 0 Å². The van der Waals surface area contributed by atoms with Crippen molar-refractivity contribution in [2.45, 2.75) is 58.7 Å². The molecule has 1 aromatic carbocycles. The van der Waals surface area contributed by atoms with Gasteiger partial charge in [-0.25, -0.2) is 0 Å². The second-order valence-electron chi connectivity index (χ2n) is 7.13. The Morgan fingerprint density at radius 1 is 1.00 bits per heavy atom. The third-order valence-corrected chi connectivity index (χ3v) is 4.89. The average Bonchev–Trinajstić information content (AvgIpc) is 2.74. The maximum absolute atomic E-state index is 6.11. The van der Waals surface area contributed by atoms with E-state index >= 15 is 0 Å². The van der Waals surface area contributed by atoms with Gasteiger partial charge in [-0.1, -0.05) is 25.1 Å². The Balaban J connectivity index is 1.88. The summed E-state index contributed by atoms with van der Waals surface area (Å²) in [5.41, 5.74) is 3.60. The summed E-state index contributed by atoms with van der Waals surface area (Å²) in [4.78, 5) is 0. The van der Waals surface area contributed by atoms with Crippen LogP contribution in [0.25, 0.3) is 0 Å². The topological polar surface area (TPSA) is 18.5 Å². The van der Waals surface area contributed by atoms with Crippen LogP contribution in [-0.2, 0) is 22.2 Å². The predicted octanol–water partition coefficient (Wildman–Crippen LogP) is 2.72. The summed E-state index contributed by atoms with van der Waals surface area (Å²) in [6.07, 6.45) is 2.39. The maximum atomic E-state index is 6.11. The molecule has 3 heteroatoms. The first-order valence-electron chi connectivity index (χ1n) is 7.26. The standard InChI is InChI=1S/C16H23BO2/c1-11-8-12-6-7-14(10-13(12)9-11)17-18-15(2,3)16(4,5)19-17/h6-7,10-11H,8-9H2,1-5H3. The minimum atomic E-state index is -0.260. The fourth-order valence-electron chi connectivity index (χ4n) is 2.98. The predicted molar refractivity (Wildman–Crippen MR) is 78.7 cm³/mol. The van der Waals surface area contributed by atoms with Gasteiger partial charge in [0.1, 0.15) is 0 Å². The Kier molecular flexibility index (Phi) is 2.85. The average molecular weight is 258 g/mol. The number of benzene rings is 1. The van der Waals surface area contributed by atoms with E-state index in [9.17, 15) is 0 Å². The summed E-state index contributed by atoms with van der Waals surface area (Å²) in [6, 6.07) is 6.69. The van der Waals surface area contributed by atoms with Gasteiger partial charge in [-0.2, -0.15) is 0 Å². The highest BCUT2D eigenvalue weighted by atomic mass is 16.7. The van der Waals surface area contributed by atoms with Crippen LogP contribution < -0.4 is 5.46 Å². The zero-order chi connectivity index (χ0) is 13.8. The van der Waals surface area contributed by atoms with Gasteiger partial charge in [0.25, 0.3) is 0 Å². The van der Waals surface area contributed by atoms with Gasteiger partial charge < -0.3 is 9.31 Å². The molecule has 1 unspecified atom stereocenters. The first kappa shape index (κ1) is 13.2. The molecule has 1 aliphatic heterocycles. The van der Waals surface area contributed by atoms with E-state index in [1.54, 1.807) is 0 Å². The lowest BCUT2D eigenvalue weighted by Gasteiger charge is -2.32. The van der Waals surface area contributed by atoms with E-state index in [2.05, 4.69) is 52.8 Å². The van der Waals surface area contributed by atoms with Crippen LogP contribution in [0.4, 0.5) is 0 Å². The zero-order valence-corrected chi connectivity index (χ0v) is 12.6. The fourth-order valence-corrected chi connectivity index (χ4v) is 2.98. The lowest BCUT2D eigenvalue weighted by Crippen LogP contribution is -2.41. The van der Waals surface area contributed by atoms with E-state index in [0.29, 0.717) is 0 Å². The molecule has 2 nitrogen and oxygen atoms in total. The first-order valence-corrected chi connectivity index (χ1v) is 7.26. The molecule has 1 aromatic rings. The van der Waals surface area contributed by atoms with Crippen molar-refractivity contribution in [1.29, 1.82) is 0 Å². The van der Waals surface area contributed by atoms with Crippen LogP contribution >= 0.6 is 0 Å². The zero-order valence-electron chi connectivity index (χ0n) is 12.6. The van der Waals surface area contributed by atoms with Crippen molar-refractivity contribution in [3.05, 3.63) is 29.3 Å². The van der Waals surface area contributed by atoms with Crippen molar-refractivity contribution >= 4 is 12.6 Å². The summed E-state index contributed by atoms with van der Waals surface area (Å²) in [5.74, 6) is 0.767. The molecule has 0 spiro atoms. The summed E-state index contributed by atoms with van der Waals surface area (Å²) >= 11 is 0. The minimum Gasteiger partial charge on any atom is -0.399 e. The molecule has 0 amide bonds. The van der Waals surface area contributed by atoms with E-state index in [0.717, 1.165) is 11.4 Å². The van der Waals surface area contributed by atoms with Crippen molar-refractivity contribution in [2.75, 3.05) is 0 Å². The van der Waals surface area contributed by atoms with E-state index in [1.165, 1.54) is 24.0 Å². The number of hydrogen-bond donors (Lipinski definition) is 0. The molecule has 0 bridgehead atoms. The molecule has 0 N–H and O–H groups in total. The smallest absolute Gasteiger partial charge is 0.399 e. The van der Waals surface area contributed by atoms with Crippen molar-refractivity contribution < 1.29 is 9.31 Å². The molecule has 1 saturated heterocycles. The second-order valence-corrected chi connectivity index (χ2v) is 7.13. The normalized spacial score (nSPS) is 27.6. The monoisotopic (exact) mass is 258 g/mol. The Hall–Kier alpha value is -0.795. The summed E-state index contributed by atoms with van der Waals surface area (Å²) < 4.78 is 12.2. The van der Waals surface area contributed by atoms with Crippen LogP contribution in [0.1, 0.15) is 45.7 Å². The molecular weight excluding hydrogens is 235 g/mol. The minimum absolute atomic E-state index is 0.230. The molecule has 1 heterocycles.